The SMILES string of the molecule is COc1ccc(C(C)NCC2(SC)CCCC2)cc1OC. The number of hydrogen-bond donors (Lipinski definition) is 1. The molecule has 21 heavy (non-hydrogen) atoms. The van der Waals surface area contributed by atoms with Gasteiger partial charge in [-0.1, -0.05) is 18.9 Å². The number of rotatable bonds is 7. The molecule has 1 N–H and O–H groups in total. The van der Waals surface area contributed by atoms with Gasteiger partial charge in [0.15, 0.2) is 11.5 Å². The first-order valence-corrected chi connectivity index (χ1v) is 8.87. The van der Waals surface area contributed by atoms with Crippen molar-refractivity contribution >= 4 is 11.8 Å². The average molecular weight is 309 g/mol. The number of methoxy groups -OCH3 is 2. The van der Waals surface area contributed by atoms with Gasteiger partial charge in [0.1, 0.15) is 0 Å². The van der Waals surface area contributed by atoms with E-state index in [1.165, 1.54) is 31.2 Å². The minimum absolute atomic E-state index is 0.314. The molecule has 1 aromatic rings. The molecule has 0 heterocycles. The standard InChI is InChI=1S/C17H27NO2S/c1-13(18-12-17(21-4)9-5-6-10-17)14-7-8-15(19-2)16(11-14)20-3/h7-8,11,13,18H,5-6,9-10,12H2,1-4H3. The van der Waals surface area contributed by atoms with Gasteiger partial charge < -0.3 is 14.8 Å². The first-order chi connectivity index (χ1) is 10.1. The van der Waals surface area contributed by atoms with Gasteiger partial charge in [0.05, 0.1) is 14.2 Å². The molecular formula is C17H27NO2S. The maximum absolute atomic E-state index is 5.39. The van der Waals surface area contributed by atoms with Crippen LogP contribution in [0.4, 0.5) is 0 Å². The first-order valence-electron chi connectivity index (χ1n) is 7.64. The number of nitrogens with one attached hydrogen (secondary N) is 1. The Balaban J connectivity index is 2.01. The van der Waals surface area contributed by atoms with E-state index in [0.29, 0.717) is 10.8 Å². The van der Waals surface area contributed by atoms with Gasteiger partial charge in [0, 0.05) is 17.3 Å². The van der Waals surface area contributed by atoms with Crippen molar-refractivity contribution in [2.24, 2.45) is 0 Å². The summed E-state index contributed by atoms with van der Waals surface area (Å²) in [5.74, 6) is 1.58. The van der Waals surface area contributed by atoms with Gasteiger partial charge in [-0.3, -0.25) is 0 Å². The zero-order valence-electron chi connectivity index (χ0n) is 13.6. The summed E-state index contributed by atoms with van der Waals surface area (Å²) >= 11 is 2.02. The van der Waals surface area contributed by atoms with Crippen LogP contribution in [0.15, 0.2) is 18.2 Å². The lowest BCUT2D eigenvalue weighted by atomic mass is 10.0. The molecule has 0 spiro atoms. The molecule has 1 aliphatic rings. The summed E-state index contributed by atoms with van der Waals surface area (Å²) in [5, 5.41) is 3.70. The normalized spacial score (nSPS) is 18.5. The van der Waals surface area contributed by atoms with Crippen LogP contribution in [0.1, 0.15) is 44.2 Å². The number of hydrogen-bond acceptors (Lipinski definition) is 4. The summed E-state index contributed by atoms with van der Waals surface area (Å²) in [6.07, 6.45) is 7.65. The third kappa shape index (κ3) is 3.86. The van der Waals surface area contributed by atoms with Gasteiger partial charge in [-0.2, -0.15) is 11.8 Å². The minimum atomic E-state index is 0.314. The Bertz CT molecular complexity index is 458. The highest BCUT2D eigenvalue weighted by atomic mass is 32.2. The molecule has 0 amide bonds. The van der Waals surface area contributed by atoms with Crippen molar-refractivity contribution in [2.75, 3.05) is 27.0 Å². The lowest BCUT2D eigenvalue weighted by Crippen LogP contribution is -2.36. The molecule has 1 unspecified atom stereocenters. The van der Waals surface area contributed by atoms with E-state index in [2.05, 4.69) is 30.6 Å². The third-order valence-electron chi connectivity index (χ3n) is 4.59. The highest BCUT2D eigenvalue weighted by molar-refractivity contribution is 8.00. The largest absolute Gasteiger partial charge is 0.493 e. The fraction of sp³-hybridized carbons (Fsp3) is 0.647. The fourth-order valence-electron chi connectivity index (χ4n) is 3.05. The van der Waals surface area contributed by atoms with E-state index in [-0.39, 0.29) is 0 Å². The van der Waals surface area contributed by atoms with Crippen LogP contribution < -0.4 is 14.8 Å². The van der Waals surface area contributed by atoms with Gasteiger partial charge in [-0.25, -0.2) is 0 Å². The summed E-state index contributed by atoms with van der Waals surface area (Å²) in [4.78, 5) is 0. The second-order valence-electron chi connectivity index (χ2n) is 5.81. The van der Waals surface area contributed by atoms with Crippen LogP contribution in [0.5, 0.6) is 11.5 Å². The highest BCUT2D eigenvalue weighted by Crippen LogP contribution is 2.40. The van der Waals surface area contributed by atoms with Crippen molar-refractivity contribution in [1.82, 2.24) is 5.32 Å². The molecule has 1 saturated carbocycles. The molecule has 1 fully saturated rings. The highest BCUT2D eigenvalue weighted by Gasteiger charge is 2.32. The zero-order valence-corrected chi connectivity index (χ0v) is 14.4. The van der Waals surface area contributed by atoms with Crippen molar-refractivity contribution in [2.45, 2.75) is 43.4 Å². The van der Waals surface area contributed by atoms with Crippen molar-refractivity contribution < 1.29 is 9.47 Å². The Morgan fingerprint density at radius 2 is 1.86 bits per heavy atom. The van der Waals surface area contributed by atoms with Crippen LogP contribution in [0.2, 0.25) is 0 Å². The summed E-state index contributed by atoms with van der Waals surface area (Å²) in [6.45, 7) is 3.29. The molecule has 2 rings (SSSR count). The van der Waals surface area contributed by atoms with E-state index in [1.54, 1.807) is 14.2 Å². The number of ether oxygens (including phenoxy) is 2. The summed E-state index contributed by atoms with van der Waals surface area (Å²) in [5.41, 5.74) is 1.24. The van der Waals surface area contributed by atoms with Crippen molar-refractivity contribution in [3.63, 3.8) is 0 Å². The van der Waals surface area contributed by atoms with Gasteiger partial charge in [0.2, 0.25) is 0 Å². The maximum Gasteiger partial charge on any atom is 0.161 e. The molecule has 1 atom stereocenters. The Labute approximate surface area is 132 Å². The van der Waals surface area contributed by atoms with Crippen LogP contribution in [0, 0.1) is 0 Å². The monoisotopic (exact) mass is 309 g/mol. The molecule has 4 heteroatoms. The van der Waals surface area contributed by atoms with Crippen LogP contribution in [-0.2, 0) is 0 Å². The Morgan fingerprint density at radius 1 is 1.19 bits per heavy atom. The summed E-state index contributed by atoms with van der Waals surface area (Å²) in [6, 6.07) is 6.47. The predicted molar refractivity (Wildman–Crippen MR) is 90.7 cm³/mol. The predicted octanol–water partition coefficient (Wildman–Crippen LogP) is 4.03. The van der Waals surface area contributed by atoms with Crippen molar-refractivity contribution in [3.05, 3.63) is 23.8 Å². The number of benzene rings is 1. The van der Waals surface area contributed by atoms with Gasteiger partial charge in [0.25, 0.3) is 0 Å². The van der Waals surface area contributed by atoms with Gasteiger partial charge >= 0.3 is 0 Å². The van der Waals surface area contributed by atoms with Crippen molar-refractivity contribution in [1.29, 1.82) is 0 Å². The lowest BCUT2D eigenvalue weighted by molar-refractivity contribution is 0.354. The van der Waals surface area contributed by atoms with Crippen LogP contribution >= 0.6 is 11.8 Å². The molecule has 0 bridgehead atoms. The molecule has 1 aliphatic carbocycles. The van der Waals surface area contributed by atoms with E-state index in [9.17, 15) is 0 Å². The second kappa shape index (κ2) is 7.41. The lowest BCUT2D eigenvalue weighted by Gasteiger charge is -2.29. The Hall–Kier alpha value is -0.870. The van der Waals surface area contributed by atoms with Crippen LogP contribution in [0.3, 0.4) is 0 Å². The van der Waals surface area contributed by atoms with E-state index < -0.39 is 0 Å². The average Bonchev–Trinajstić information content (AvgIpc) is 3.01. The summed E-state index contributed by atoms with van der Waals surface area (Å²) in [7, 11) is 3.35. The second-order valence-corrected chi connectivity index (χ2v) is 7.09. The molecule has 0 aliphatic heterocycles. The maximum atomic E-state index is 5.39. The molecule has 118 valence electrons. The van der Waals surface area contributed by atoms with Gasteiger partial charge in [-0.05, 0) is 43.7 Å². The van der Waals surface area contributed by atoms with Crippen LogP contribution in [-0.4, -0.2) is 31.8 Å². The molecule has 0 saturated heterocycles. The summed E-state index contributed by atoms with van der Waals surface area (Å²) < 4.78 is 11.1. The molecular weight excluding hydrogens is 282 g/mol. The smallest absolute Gasteiger partial charge is 0.161 e. The van der Waals surface area contributed by atoms with E-state index in [0.717, 1.165) is 18.0 Å². The van der Waals surface area contributed by atoms with E-state index in [1.807, 2.05) is 17.8 Å². The first kappa shape index (κ1) is 16.5. The Kier molecular flexibility index (Phi) is 5.82. The zero-order chi connectivity index (χ0) is 15.3. The molecule has 0 radical (unpaired) electrons. The third-order valence-corrected chi connectivity index (χ3v) is 6.00. The molecule has 3 nitrogen and oxygen atoms in total. The number of thioether (sulfide) groups is 1. The topological polar surface area (TPSA) is 30.5 Å². The minimum Gasteiger partial charge on any atom is -0.493 e. The quantitative estimate of drug-likeness (QED) is 0.824. The van der Waals surface area contributed by atoms with E-state index >= 15 is 0 Å². The Morgan fingerprint density at radius 3 is 2.43 bits per heavy atom. The molecule has 0 aromatic heterocycles. The van der Waals surface area contributed by atoms with Gasteiger partial charge in [-0.15, -0.1) is 0 Å². The fourth-order valence-corrected chi connectivity index (χ4v) is 3.98. The molecule has 1 aromatic carbocycles. The van der Waals surface area contributed by atoms with Crippen LogP contribution in [0.25, 0.3) is 0 Å². The van der Waals surface area contributed by atoms with E-state index in [4.69, 9.17) is 9.47 Å². The van der Waals surface area contributed by atoms with Crippen molar-refractivity contribution in [3.8, 4) is 11.5 Å².